The van der Waals surface area contributed by atoms with Crippen molar-refractivity contribution in [3.8, 4) is 0 Å². The summed E-state index contributed by atoms with van der Waals surface area (Å²) in [5, 5.41) is 7.76. The van der Waals surface area contributed by atoms with Crippen molar-refractivity contribution >= 4 is 33.0 Å². The Hall–Kier alpha value is -1.70. The Kier molecular flexibility index (Phi) is 4.46. The zero-order valence-electron chi connectivity index (χ0n) is 11.7. The summed E-state index contributed by atoms with van der Waals surface area (Å²) in [4.78, 5) is 13.9. The standard InChI is InChI=1S/C14H16N2O3S2/c1-3-10-8-13(20-9(10)2)14(17)16-11-4-6-12(7-5-11)21(15,18)19/h4-8H,3H2,1-2H3,(H,16,17)(H2,15,18,19). The molecule has 0 aliphatic carbocycles. The van der Waals surface area contributed by atoms with Crippen molar-refractivity contribution in [2.45, 2.75) is 25.2 Å². The molecule has 0 saturated heterocycles. The third-order valence-electron chi connectivity index (χ3n) is 3.07. The van der Waals surface area contributed by atoms with Crippen molar-refractivity contribution < 1.29 is 13.2 Å². The molecule has 112 valence electrons. The van der Waals surface area contributed by atoms with Crippen LogP contribution in [0.2, 0.25) is 0 Å². The van der Waals surface area contributed by atoms with Crippen LogP contribution < -0.4 is 10.5 Å². The zero-order valence-corrected chi connectivity index (χ0v) is 13.3. The number of carbonyl (C=O) groups excluding carboxylic acids is 1. The fourth-order valence-electron chi connectivity index (χ4n) is 1.90. The molecule has 0 fully saturated rings. The maximum Gasteiger partial charge on any atom is 0.265 e. The highest BCUT2D eigenvalue weighted by atomic mass is 32.2. The van der Waals surface area contributed by atoms with Crippen LogP contribution >= 0.6 is 11.3 Å². The Bertz CT molecular complexity index is 762. The maximum atomic E-state index is 12.1. The second-order valence-electron chi connectivity index (χ2n) is 4.57. The van der Waals surface area contributed by atoms with Gasteiger partial charge in [-0.15, -0.1) is 11.3 Å². The molecule has 0 unspecified atom stereocenters. The van der Waals surface area contributed by atoms with Gasteiger partial charge in [0.2, 0.25) is 10.0 Å². The van der Waals surface area contributed by atoms with E-state index in [1.165, 1.54) is 35.6 Å². The number of amides is 1. The molecule has 0 atom stereocenters. The highest BCUT2D eigenvalue weighted by molar-refractivity contribution is 7.89. The molecule has 0 spiro atoms. The van der Waals surface area contributed by atoms with E-state index < -0.39 is 10.0 Å². The molecule has 2 aromatic rings. The van der Waals surface area contributed by atoms with E-state index in [0.29, 0.717) is 10.6 Å². The van der Waals surface area contributed by atoms with Crippen LogP contribution in [0.4, 0.5) is 5.69 Å². The quantitative estimate of drug-likeness (QED) is 0.905. The number of aryl methyl sites for hydroxylation is 2. The van der Waals surface area contributed by atoms with E-state index in [0.717, 1.165) is 16.9 Å². The summed E-state index contributed by atoms with van der Waals surface area (Å²) in [5.74, 6) is -0.203. The monoisotopic (exact) mass is 324 g/mol. The van der Waals surface area contributed by atoms with Crippen LogP contribution in [0.3, 0.4) is 0 Å². The number of anilines is 1. The number of hydrogen-bond acceptors (Lipinski definition) is 4. The smallest absolute Gasteiger partial charge is 0.265 e. The van der Waals surface area contributed by atoms with Gasteiger partial charge in [-0.3, -0.25) is 4.79 Å². The van der Waals surface area contributed by atoms with Crippen LogP contribution in [0.1, 0.15) is 27.0 Å². The van der Waals surface area contributed by atoms with Crippen LogP contribution in [0, 0.1) is 6.92 Å². The van der Waals surface area contributed by atoms with Gasteiger partial charge in [-0.05, 0) is 49.2 Å². The van der Waals surface area contributed by atoms with Gasteiger partial charge in [-0.2, -0.15) is 0 Å². The lowest BCUT2D eigenvalue weighted by atomic mass is 10.2. The average molecular weight is 324 g/mol. The molecule has 0 radical (unpaired) electrons. The van der Waals surface area contributed by atoms with Crippen molar-refractivity contribution in [2.75, 3.05) is 5.32 Å². The van der Waals surface area contributed by atoms with Crippen LogP contribution in [-0.4, -0.2) is 14.3 Å². The summed E-state index contributed by atoms with van der Waals surface area (Å²) in [6, 6.07) is 7.63. The summed E-state index contributed by atoms with van der Waals surface area (Å²) >= 11 is 1.45. The number of benzene rings is 1. The molecule has 1 heterocycles. The minimum absolute atomic E-state index is 0.0146. The number of rotatable bonds is 4. The van der Waals surface area contributed by atoms with E-state index in [1.807, 2.05) is 19.9 Å². The van der Waals surface area contributed by atoms with Gasteiger partial charge in [0.1, 0.15) is 0 Å². The Morgan fingerprint density at radius 3 is 2.38 bits per heavy atom. The molecule has 7 heteroatoms. The number of nitrogens with one attached hydrogen (secondary N) is 1. The van der Waals surface area contributed by atoms with Crippen LogP contribution in [0.25, 0.3) is 0 Å². The fourth-order valence-corrected chi connectivity index (χ4v) is 3.43. The minimum atomic E-state index is -3.72. The van der Waals surface area contributed by atoms with E-state index in [9.17, 15) is 13.2 Å². The molecular weight excluding hydrogens is 308 g/mol. The van der Waals surface area contributed by atoms with Gasteiger partial charge in [0.15, 0.2) is 0 Å². The van der Waals surface area contributed by atoms with E-state index >= 15 is 0 Å². The molecule has 1 aromatic heterocycles. The lowest BCUT2D eigenvalue weighted by Gasteiger charge is -2.04. The second-order valence-corrected chi connectivity index (χ2v) is 7.39. The van der Waals surface area contributed by atoms with E-state index in [1.54, 1.807) is 0 Å². The summed E-state index contributed by atoms with van der Waals surface area (Å²) in [7, 11) is -3.72. The number of carbonyl (C=O) groups is 1. The first-order chi connectivity index (χ1) is 9.81. The SMILES string of the molecule is CCc1cc(C(=O)Nc2ccc(S(N)(=O)=O)cc2)sc1C. The van der Waals surface area contributed by atoms with Crippen molar-refractivity contribution in [3.05, 3.63) is 45.6 Å². The minimum Gasteiger partial charge on any atom is -0.321 e. The van der Waals surface area contributed by atoms with Crippen LogP contribution in [-0.2, 0) is 16.4 Å². The number of hydrogen-bond donors (Lipinski definition) is 2. The average Bonchev–Trinajstić information content (AvgIpc) is 2.79. The van der Waals surface area contributed by atoms with Gasteiger partial charge in [0, 0.05) is 10.6 Å². The molecule has 1 aromatic carbocycles. The molecular formula is C14H16N2O3S2. The Morgan fingerprint density at radius 1 is 1.29 bits per heavy atom. The molecule has 0 aliphatic rings. The first kappa shape index (κ1) is 15.7. The van der Waals surface area contributed by atoms with E-state index in [-0.39, 0.29) is 10.8 Å². The first-order valence-electron chi connectivity index (χ1n) is 6.34. The van der Waals surface area contributed by atoms with Crippen molar-refractivity contribution in [1.82, 2.24) is 0 Å². The lowest BCUT2D eigenvalue weighted by molar-refractivity contribution is 0.103. The topological polar surface area (TPSA) is 89.3 Å². The first-order valence-corrected chi connectivity index (χ1v) is 8.71. The Balaban J connectivity index is 2.16. The Labute approximate surface area is 127 Å². The van der Waals surface area contributed by atoms with E-state index in [2.05, 4.69) is 5.32 Å². The number of sulfonamides is 1. The number of thiophene rings is 1. The predicted molar refractivity (Wildman–Crippen MR) is 84.2 cm³/mol. The van der Waals surface area contributed by atoms with Gasteiger partial charge < -0.3 is 5.32 Å². The summed E-state index contributed by atoms with van der Waals surface area (Å²) in [6.45, 7) is 4.03. The predicted octanol–water partition coefficient (Wildman–Crippen LogP) is 2.52. The van der Waals surface area contributed by atoms with Gasteiger partial charge in [-0.25, -0.2) is 13.6 Å². The van der Waals surface area contributed by atoms with Crippen LogP contribution in [0.5, 0.6) is 0 Å². The molecule has 3 N–H and O–H groups in total. The Morgan fingerprint density at radius 2 is 1.90 bits per heavy atom. The van der Waals surface area contributed by atoms with Gasteiger partial charge in [-0.1, -0.05) is 6.92 Å². The molecule has 0 aliphatic heterocycles. The van der Waals surface area contributed by atoms with Gasteiger partial charge in [0.05, 0.1) is 9.77 Å². The third-order valence-corrected chi connectivity index (χ3v) is 5.09. The lowest BCUT2D eigenvalue weighted by Crippen LogP contribution is -2.13. The summed E-state index contributed by atoms with van der Waals surface area (Å²) < 4.78 is 22.3. The molecule has 1 amide bonds. The molecule has 0 saturated carbocycles. The molecule has 0 bridgehead atoms. The normalized spacial score (nSPS) is 11.4. The molecule has 2 rings (SSSR count). The highest BCUT2D eigenvalue weighted by Gasteiger charge is 2.12. The van der Waals surface area contributed by atoms with Crippen molar-refractivity contribution in [3.63, 3.8) is 0 Å². The zero-order chi connectivity index (χ0) is 15.6. The molecule has 5 nitrogen and oxygen atoms in total. The largest absolute Gasteiger partial charge is 0.321 e. The van der Waals surface area contributed by atoms with E-state index in [4.69, 9.17) is 5.14 Å². The van der Waals surface area contributed by atoms with Crippen LogP contribution in [0.15, 0.2) is 35.2 Å². The van der Waals surface area contributed by atoms with Gasteiger partial charge in [0.25, 0.3) is 5.91 Å². The highest BCUT2D eigenvalue weighted by Crippen LogP contribution is 2.23. The molecule has 21 heavy (non-hydrogen) atoms. The van der Waals surface area contributed by atoms with Crippen molar-refractivity contribution in [2.24, 2.45) is 5.14 Å². The summed E-state index contributed by atoms with van der Waals surface area (Å²) in [5.41, 5.74) is 1.69. The number of nitrogens with two attached hydrogens (primary N) is 1. The summed E-state index contributed by atoms with van der Waals surface area (Å²) in [6.07, 6.45) is 0.888. The van der Waals surface area contributed by atoms with Gasteiger partial charge >= 0.3 is 0 Å². The van der Waals surface area contributed by atoms with Crippen molar-refractivity contribution in [1.29, 1.82) is 0 Å². The number of primary sulfonamides is 1. The third kappa shape index (κ3) is 3.69. The fraction of sp³-hybridized carbons (Fsp3) is 0.214. The second kappa shape index (κ2) is 5.97. The maximum absolute atomic E-state index is 12.1.